The SMILES string of the molecule is Cc1ccc(-c2cc(C(=O)OCC(=O)NCCC#N)c3ccccc3n2)c(C)c1. The zero-order valence-electron chi connectivity index (χ0n) is 16.4. The van der Waals surface area contributed by atoms with E-state index in [-0.39, 0.29) is 13.0 Å². The first-order valence-electron chi connectivity index (χ1n) is 9.28. The van der Waals surface area contributed by atoms with Gasteiger partial charge in [0.15, 0.2) is 6.61 Å². The zero-order chi connectivity index (χ0) is 20.8. The molecule has 0 aliphatic rings. The number of aromatic nitrogens is 1. The molecule has 1 aromatic heterocycles. The van der Waals surface area contributed by atoms with Crippen molar-refractivity contribution in [1.82, 2.24) is 10.3 Å². The number of nitrogens with zero attached hydrogens (tertiary/aromatic N) is 2. The Labute approximate surface area is 169 Å². The van der Waals surface area contributed by atoms with Gasteiger partial charge < -0.3 is 10.1 Å². The average molecular weight is 387 g/mol. The molecule has 0 aliphatic heterocycles. The average Bonchev–Trinajstić information content (AvgIpc) is 2.71. The molecule has 0 spiro atoms. The molecule has 0 bridgehead atoms. The van der Waals surface area contributed by atoms with Crippen LogP contribution in [0, 0.1) is 25.2 Å². The summed E-state index contributed by atoms with van der Waals surface area (Å²) >= 11 is 0. The lowest BCUT2D eigenvalue weighted by molar-refractivity contribution is -0.124. The van der Waals surface area contributed by atoms with E-state index in [9.17, 15) is 9.59 Å². The summed E-state index contributed by atoms with van der Waals surface area (Å²) in [6.07, 6.45) is 0.202. The fraction of sp³-hybridized carbons (Fsp3) is 0.217. The molecule has 3 rings (SSSR count). The third-order valence-electron chi connectivity index (χ3n) is 4.49. The molecule has 3 aromatic rings. The van der Waals surface area contributed by atoms with Crippen LogP contribution in [0.3, 0.4) is 0 Å². The standard InChI is InChI=1S/C23H21N3O3/c1-15-8-9-17(16(2)12-15)21-13-19(18-6-3-4-7-20(18)26-21)23(28)29-14-22(27)25-11-5-10-24/h3-4,6-9,12-13H,5,11,14H2,1-2H3,(H,25,27). The van der Waals surface area contributed by atoms with E-state index in [1.165, 1.54) is 0 Å². The molecule has 1 amide bonds. The van der Waals surface area contributed by atoms with E-state index >= 15 is 0 Å². The molecule has 0 aliphatic carbocycles. The van der Waals surface area contributed by atoms with Gasteiger partial charge in [-0.05, 0) is 31.5 Å². The monoisotopic (exact) mass is 387 g/mol. The van der Waals surface area contributed by atoms with Gasteiger partial charge in [0, 0.05) is 17.5 Å². The van der Waals surface area contributed by atoms with Crippen LogP contribution in [0.25, 0.3) is 22.2 Å². The third kappa shape index (κ3) is 4.77. The summed E-state index contributed by atoms with van der Waals surface area (Å²) in [5.74, 6) is -1.04. The molecule has 0 saturated carbocycles. The summed E-state index contributed by atoms with van der Waals surface area (Å²) in [5, 5.41) is 11.7. The highest BCUT2D eigenvalue weighted by Gasteiger charge is 2.17. The van der Waals surface area contributed by atoms with Crippen LogP contribution in [0.5, 0.6) is 0 Å². The number of pyridine rings is 1. The summed E-state index contributed by atoms with van der Waals surface area (Å²) in [6.45, 7) is 3.85. The fourth-order valence-corrected chi connectivity index (χ4v) is 3.10. The molecule has 6 heteroatoms. The zero-order valence-corrected chi connectivity index (χ0v) is 16.4. The number of para-hydroxylation sites is 1. The van der Waals surface area contributed by atoms with E-state index in [0.29, 0.717) is 22.2 Å². The molecular formula is C23H21N3O3. The molecule has 0 radical (unpaired) electrons. The highest BCUT2D eigenvalue weighted by molar-refractivity contribution is 6.05. The number of ether oxygens (including phenoxy) is 1. The van der Waals surface area contributed by atoms with Crippen LogP contribution < -0.4 is 5.32 Å². The van der Waals surface area contributed by atoms with Crippen LogP contribution >= 0.6 is 0 Å². The van der Waals surface area contributed by atoms with Gasteiger partial charge in [-0.3, -0.25) is 4.79 Å². The second kappa shape index (κ2) is 8.98. The minimum Gasteiger partial charge on any atom is -0.452 e. The van der Waals surface area contributed by atoms with E-state index in [2.05, 4.69) is 11.4 Å². The maximum atomic E-state index is 12.7. The predicted octanol–water partition coefficient (Wildman–Crippen LogP) is 3.71. The summed E-state index contributed by atoms with van der Waals surface area (Å²) in [4.78, 5) is 29.2. The fourth-order valence-electron chi connectivity index (χ4n) is 3.10. The Morgan fingerprint density at radius 1 is 1.14 bits per heavy atom. The van der Waals surface area contributed by atoms with Gasteiger partial charge in [0.1, 0.15) is 0 Å². The van der Waals surface area contributed by atoms with Crippen molar-refractivity contribution in [1.29, 1.82) is 5.26 Å². The number of aryl methyl sites for hydroxylation is 2. The Kier molecular flexibility index (Phi) is 6.20. The number of nitrogens with one attached hydrogen (secondary N) is 1. The topological polar surface area (TPSA) is 92.1 Å². The largest absolute Gasteiger partial charge is 0.452 e. The molecule has 1 N–H and O–H groups in total. The van der Waals surface area contributed by atoms with E-state index in [0.717, 1.165) is 16.7 Å². The molecule has 146 valence electrons. The molecule has 0 unspecified atom stereocenters. The van der Waals surface area contributed by atoms with Gasteiger partial charge in [-0.1, -0.05) is 42.0 Å². The number of hydrogen-bond acceptors (Lipinski definition) is 5. The van der Waals surface area contributed by atoms with Crippen LogP contribution in [-0.2, 0) is 9.53 Å². The van der Waals surface area contributed by atoms with Gasteiger partial charge in [-0.25, -0.2) is 9.78 Å². The van der Waals surface area contributed by atoms with Crippen LogP contribution in [-0.4, -0.2) is 30.0 Å². The minimum atomic E-state index is -0.593. The van der Waals surface area contributed by atoms with Crippen molar-refractivity contribution in [3.63, 3.8) is 0 Å². The molecule has 2 aromatic carbocycles. The van der Waals surface area contributed by atoms with E-state index in [1.807, 2.05) is 50.2 Å². The number of hydrogen-bond donors (Lipinski definition) is 1. The quantitative estimate of drug-likeness (QED) is 0.514. The second-order valence-electron chi connectivity index (χ2n) is 6.72. The molecule has 0 atom stereocenters. The van der Waals surface area contributed by atoms with Gasteiger partial charge in [0.25, 0.3) is 5.91 Å². The van der Waals surface area contributed by atoms with Crippen molar-refractivity contribution in [2.45, 2.75) is 20.3 Å². The lowest BCUT2D eigenvalue weighted by Gasteiger charge is -2.12. The molecule has 0 fully saturated rings. The second-order valence-corrected chi connectivity index (χ2v) is 6.72. The maximum absolute atomic E-state index is 12.7. The Morgan fingerprint density at radius 2 is 1.93 bits per heavy atom. The summed E-state index contributed by atoms with van der Waals surface area (Å²) in [6, 6.07) is 17.0. The highest BCUT2D eigenvalue weighted by Crippen LogP contribution is 2.28. The predicted molar refractivity (Wildman–Crippen MR) is 110 cm³/mol. The van der Waals surface area contributed by atoms with Crippen molar-refractivity contribution >= 4 is 22.8 Å². The molecule has 29 heavy (non-hydrogen) atoms. The number of esters is 1. The normalized spacial score (nSPS) is 10.4. The summed E-state index contributed by atoms with van der Waals surface area (Å²) in [5.41, 5.74) is 4.85. The van der Waals surface area contributed by atoms with Crippen molar-refractivity contribution in [3.05, 3.63) is 65.2 Å². The van der Waals surface area contributed by atoms with Gasteiger partial charge in [0.2, 0.25) is 0 Å². The highest BCUT2D eigenvalue weighted by atomic mass is 16.5. The molecule has 0 saturated heterocycles. The van der Waals surface area contributed by atoms with Gasteiger partial charge in [-0.15, -0.1) is 0 Å². The van der Waals surface area contributed by atoms with Crippen LogP contribution in [0.4, 0.5) is 0 Å². The molecule has 1 heterocycles. The lowest BCUT2D eigenvalue weighted by Crippen LogP contribution is -2.29. The van der Waals surface area contributed by atoms with Crippen LogP contribution in [0.2, 0.25) is 0 Å². The smallest absolute Gasteiger partial charge is 0.339 e. The van der Waals surface area contributed by atoms with Gasteiger partial charge in [0.05, 0.1) is 29.3 Å². The Balaban J connectivity index is 1.91. The summed E-state index contributed by atoms with van der Waals surface area (Å²) < 4.78 is 5.21. The van der Waals surface area contributed by atoms with Crippen molar-refractivity contribution in [2.75, 3.05) is 13.2 Å². The van der Waals surface area contributed by atoms with Gasteiger partial charge >= 0.3 is 5.97 Å². The van der Waals surface area contributed by atoms with E-state index in [1.54, 1.807) is 12.1 Å². The van der Waals surface area contributed by atoms with E-state index in [4.69, 9.17) is 15.0 Å². The maximum Gasteiger partial charge on any atom is 0.339 e. The molecular weight excluding hydrogens is 366 g/mol. The number of carbonyl (C=O) groups excluding carboxylic acids is 2. The number of fused-ring (bicyclic) bond motifs is 1. The van der Waals surface area contributed by atoms with Crippen LogP contribution in [0.1, 0.15) is 27.9 Å². The first-order chi connectivity index (χ1) is 14.0. The summed E-state index contributed by atoms with van der Waals surface area (Å²) in [7, 11) is 0. The first kappa shape index (κ1) is 20.0. The minimum absolute atomic E-state index is 0.202. The van der Waals surface area contributed by atoms with E-state index < -0.39 is 18.5 Å². The van der Waals surface area contributed by atoms with Crippen molar-refractivity contribution in [2.24, 2.45) is 0 Å². The third-order valence-corrected chi connectivity index (χ3v) is 4.49. The van der Waals surface area contributed by atoms with Crippen LogP contribution in [0.15, 0.2) is 48.5 Å². The number of amides is 1. The van der Waals surface area contributed by atoms with Crippen molar-refractivity contribution < 1.29 is 14.3 Å². The molecule has 6 nitrogen and oxygen atoms in total. The van der Waals surface area contributed by atoms with Crippen molar-refractivity contribution in [3.8, 4) is 17.3 Å². The number of benzene rings is 2. The Morgan fingerprint density at radius 3 is 2.69 bits per heavy atom. The lowest BCUT2D eigenvalue weighted by atomic mass is 9.99. The number of carbonyl (C=O) groups is 2. The first-order valence-corrected chi connectivity index (χ1v) is 9.28. The number of rotatable bonds is 6. The Hall–Kier alpha value is -3.72. The Bertz CT molecular complexity index is 1120. The van der Waals surface area contributed by atoms with Gasteiger partial charge in [-0.2, -0.15) is 5.26 Å². The number of nitriles is 1.